The number of fused-ring (bicyclic) bond motifs is 1. The molecule has 4 heteroatoms. The van der Waals surface area contributed by atoms with E-state index in [4.69, 9.17) is 0 Å². The van der Waals surface area contributed by atoms with Gasteiger partial charge in [0.2, 0.25) is 0 Å². The van der Waals surface area contributed by atoms with E-state index >= 15 is 0 Å². The summed E-state index contributed by atoms with van der Waals surface area (Å²) in [5.41, 5.74) is 1.59. The molecule has 0 aliphatic rings. The SMILES string of the molecule is CN(C)CCCCCC(=O)c1cc(S)c2ncccc2c1. The van der Waals surface area contributed by atoms with Crippen molar-refractivity contribution in [3.63, 3.8) is 0 Å². The van der Waals surface area contributed by atoms with Gasteiger partial charge in [0.25, 0.3) is 0 Å². The Hall–Kier alpha value is -1.39. The Balaban J connectivity index is 1.96. The van der Waals surface area contributed by atoms with Crippen LogP contribution >= 0.6 is 12.6 Å². The highest BCUT2D eigenvalue weighted by Crippen LogP contribution is 2.23. The van der Waals surface area contributed by atoms with Crippen LogP contribution in [0.2, 0.25) is 0 Å². The minimum absolute atomic E-state index is 0.195. The van der Waals surface area contributed by atoms with Crippen LogP contribution in [0.15, 0.2) is 35.4 Å². The number of Topliss-reactive ketones (excluding diaryl/α,β-unsaturated/α-hetero) is 1. The number of carbonyl (C=O) groups excluding carboxylic acids is 1. The third-order valence-corrected chi connectivity index (χ3v) is 3.86. The number of benzene rings is 1. The van der Waals surface area contributed by atoms with Crippen LogP contribution in [0.4, 0.5) is 0 Å². The monoisotopic (exact) mass is 302 g/mol. The van der Waals surface area contributed by atoms with Gasteiger partial charge in [-0.15, -0.1) is 12.6 Å². The van der Waals surface area contributed by atoms with Gasteiger partial charge in [-0.1, -0.05) is 12.5 Å². The number of ketones is 1. The van der Waals surface area contributed by atoms with Crippen molar-refractivity contribution in [2.75, 3.05) is 20.6 Å². The molecule has 0 spiro atoms. The molecule has 0 bridgehead atoms. The van der Waals surface area contributed by atoms with Crippen molar-refractivity contribution in [2.24, 2.45) is 0 Å². The van der Waals surface area contributed by atoms with Crippen molar-refractivity contribution in [1.29, 1.82) is 0 Å². The van der Waals surface area contributed by atoms with Crippen LogP contribution in [-0.2, 0) is 0 Å². The van der Waals surface area contributed by atoms with Crippen molar-refractivity contribution in [3.8, 4) is 0 Å². The fraction of sp³-hybridized carbons (Fsp3) is 0.412. The Kier molecular flexibility index (Phi) is 5.76. The van der Waals surface area contributed by atoms with E-state index in [-0.39, 0.29) is 5.78 Å². The van der Waals surface area contributed by atoms with Crippen LogP contribution < -0.4 is 0 Å². The minimum Gasteiger partial charge on any atom is -0.309 e. The third-order valence-electron chi connectivity index (χ3n) is 3.52. The number of hydrogen-bond acceptors (Lipinski definition) is 4. The first kappa shape index (κ1) is 16.0. The standard InChI is InChI=1S/C17H22N2OS/c1-19(2)10-5-3-4-8-15(20)14-11-13-7-6-9-18-17(13)16(21)12-14/h6-7,9,11-12,21H,3-5,8,10H2,1-2H3. The Bertz CT molecular complexity index is 625. The van der Waals surface area contributed by atoms with Crippen LogP contribution in [0.1, 0.15) is 36.0 Å². The highest BCUT2D eigenvalue weighted by molar-refractivity contribution is 7.80. The average molecular weight is 302 g/mol. The first-order valence-electron chi connectivity index (χ1n) is 7.33. The molecule has 2 rings (SSSR count). The smallest absolute Gasteiger partial charge is 0.162 e. The highest BCUT2D eigenvalue weighted by atomic mass is 32.1. The van der Waals surface area contributed by atoms with Gasteiger partial charge in [0, 0.05) is 28.5 Å². The molecule has 21 heavy (non-hydrogen) atoms. The molecule has 0 aliphatic carbocycles. The molecular formula is C17H22N2OS. The lowest BCUT2D eigenvalue weighted by atomic mass is 10.0. The van der Waals surface area contributed by atoms with E-state index < -0.39 is 0 Å². The van der Waals surface area contributed by atoms with Gasteiger partial charge < -0.3 is 4.90 Å². The molecule has 0 N–H and O–H groups in total. The van der Waals surface area contributed by atoms with Crippen LogP contribution in [0.5, 0.6) is 0 Å². The molecule has 0 aliphatic heterocycles. The summed E-state index contributed by atoms with van der Waals surface area (Å²) in [7, 11) is 4.14. The number of aromatic nitrogens is 1. The van der Waals surface area contributed by atoms with E-state index in [1.165, 1.54) is 0 Å². The van der Waals surface area contributed by atoms with Crippen LogP contribution in [-0.4, -0.2) is 36.3 Å². The largest absolute Gasteiger partial charge is 0.309 e. The van der Waals surface area contributed by atoms with E-state index in [1.807, 2.05) is 24.3 Å². The van der Waals surface area contributed by atoms with Crippen molar-refractivity contribution in [3.05, 3.63) is 36.0 Å². The third kappa shape index (κ3) is 4.55. The van der Waals surface area contributed by atoms with E-state index in [2.05, 4.69) is 36.6 Å². The summed E-state index contributed by atoms with van der Waals surface area (Å²) >= 11 is 4.44. The van der Waals surface area contributed by atoms with Crippen molar-refractivity contribution >= 4 is 29.3 Å². The van der Waals surface area contributed by atoms with Gasteiger partial charge in [-0.2, -0.15) is 0 Å². The van der Waals surface area contributed by atoms with Crippen molar-refractivity contribution in [2.45, 2.75) is 30.6 Å². The van der Waals surface area contributed by atoms with E-state index in [0.29, 0.717) is 6.42 Å². The summed E-state index contributed by atoms with van der Waals surface area (Å²) in [5, 5.41) is 0.973. The molecule has 2 aromatic rings. The zero-order valence-corrected chi connectivity index (χ0v) is 13.6. The lowest BCUT2D eigenvalue weighted by Crippen LogP contribution is -2.12. The average Bonchev–Trinajstić information content (AvgIpc) is 2.46. The van der Waals surface area contributed by atoms with Gasteiger partial charge in [-0.25, -0.2) is 0 Å². The number of nitrogens with zero attached hydrogens (tertiary/aromatic N) is 2. The molecule has 1 aromatic heterocycles. The second kappa shape index (κ2) is 7.57. The molecule has 0 saturated heterocycles. The maximum Gasteiger partial charge on any atom is 0.162 e. The van der Waals surface area contributed by atoms with Gasteiger partial charge in [-0.3, -0.25) is 9.78 Å². The topological polar surface area (TPSA) is 33.2 Å². The van der Waals surface area contributed by atoms with Crippen molar-refractivity contribution in [1.82, 2.24) is 9.88 Å². The van der Waals surface area contributed by atoms with Gasteiger partial charge in [0.1, 0.15) is 0 Å². The van der Waals surface area contributed by atoms with Crippen LogP contribution in [0.25, 0.3) is 10.9 Å². The minimum atomic E-state index is 0.195. The van der Waals surface area contributed by atoms with E-state index in [1.54, 1.807) is 6.20 Å². The quantitative estimate of drug-likeness (QED) is 0.479. The Morgan fingerprint density at radius 1 is 1.24 bits per heavy atom. The molecule has 112 valence electrons. The maximum atomic E-state index is 12.3. The zero-order chi connectivity index (χ0) is 15.2. The molecule has 3 nitrogen and oxygen atoms in total. The Morgan fingerprint density at radius 3 is 2.81 bits per heavy atom. The summed E-state index contributed by atoms with van der Waals surface area (Å²) in [6, 6.07) is 7.60. The van der Waals surface area contributed by atoms with E-state index in [0.717, 1.165) is 47.2 Å². The molecule has 0 fully saturated rings. The second-order valence-corrected chi connectivity index (χ2v) is 6.09. The van der Waals surface area contributed by atoms with Crippen LogP contribution in [0.3, 0.4) is 0 Å². The fourth-order valence-corrected chi connectivity index (χ4v) is 2.69. The number of pyridine rings is 1. The van der Waals surface area contributed by atoms with Crippen molar-refractivity contribution < 1.29 is 4.79 Å². The molecule has 0 saturated carbocycles. The summed E-state index contributed by atoms with van der Waals surface area (Å²) in [4.78, 5) is 19.5. The summed E-state index contributed by atoms with van der Waals surface area (Å²) in [5.74, 6) is 0.195. The molecule has 0 radical (unpaired) electrons. The number of hydrogen-bond donors (Lipinski definition) is 1. The Labute approximate surface area is 131 Å². The molecule has 0 atom stereocenters. The Morgan fingerprint density at radius 2 is 2.05 bits per heavy atom. The zero-order valence-electron chi connectivity index (χ0n) is 12.7. The lowest BCUT2D eigenvalue weighted by molar-refractivity contribution is 0.0979. The molecule has 1 aromatic carbocycles. The highest BCUT2D eigenvalue weighted by Gasteiger charge is 2.09. The first-order valence-corrected chi connectivity index (χ1v) is 7.78. The predicted molar refractivity (Wildman–Crippen MR) is 90.3 cm³/mol. The summed E-state index contributed by atoms with van der Waals surface area (Å²) in [6.07, 6.45) is 5.52. The van der Waals surface area contributed by atoms with Crippen LogP contribution in [0, 0.1) is 0 Å². The molecule has 0 amide bonds. The number of rotatable bonds is 7. The molecule has 0 unspecified atom stereocenters. The molecule has 1 heterocycles. The lowest BCUT2D eigenvalue weighted by Gasteiger charge is -2.09. The predicted octanol–water partition coefficient (Wildman–Crippen LogP) is 3.83. The maximum absolute atomic E-state index is 12.3. The summed E-state index contributed by atoms with van der Waals surface area (Å²) in [6.45, 7) is 1.08. The number of carbonyl (C=O) groups is 1. The number of thiol groups is 1. The van der Waals surface area contributed by atoms with Gasteiger partial charge in [0.15, 0.2) is 5.78 Å². The van der Waals surface area contributed by atoms with Gasteiger partial charge in [0.05, 0.1) is 5.52 Å². The van der Waals surface area contributed by atoms with E-state index in [9.17, 15) is 4.79 Å². The first-order chi connectivity index (χ1) is 10.1. The fourth-order valence-electron chi connectivity index (χ4n) is 2.37. The van der Waals surface area contributed by atoms with Gasteiger partial charge in [-0.05, 0) is 51.7 Å². The summed E-state index contributed by atoms with van der Waals surface area (Å²) < 4.78 is 0. The normalized spacial score (nSPS) is 11.2. The molecular weight excluding hydrogens is 280 g/mol. The second-order valence-electron chi connectivity index (χ2n) is 5.61. The van der Waals surface area contributed by atoms with Gasteiger partial charge >= 0.3 is 0 Å². The number of unbranched alkanes of at least 4 members (excludes halogenated alkanes) is 2.